The van der Waals surface area contributed by atoms with E-state index in [1.807, 2.05) is 0 Å². The fourth-order valence-electron chi connectivity index (χ4n) is 1.71. The third-order valence-electron chi connectivity index (χ3n) is 2.82. The van der Waals surface area contributed by atoms with E-state index in [1.54, 1.807) is 25.3 Å². The van der Waals surface area contributed by atoms with E-state index in [2.05, 4.69) is 25.6 Å². The van der Waals surface area contributed by atoms with Crippen molar-refractivity contribution in [3.8, 4) is 5.75 Å². The predicted octanol–water partition coefficient (Wildman–Crippen LogP) is 2.54. The summed E-state index contributed by atoms with van der Waals surface area (Å²) in [6.07, 6.45) is 1.59. The number of rotatable bonds is 4. The molecule has 2 rings (SSSR count). The predicted molar refractivity (Wildman–Crippen MR) is 84.9 cm³/mol. The van der Waals surface area contributed by atoms with Crippen molar-refractivity contribution in [2.45, 2.75) is 11.8 Å². The van der Waals surface area contributed by atoms with Crippen LogP contribution in [0.4, 0.5) is 11.4 Å². The Morgan fingerprint density at radius 1 is 1.38 bits per heavy atom. The first kappa shape index (κ1) is 15.6. The van der Waals surface area contributed by atoms with Gasteiger partial charge in [0.2, 0.25) is 0 Å². The van der Waals surface area contributed by atoms with Gasteiger partial charge in [0, 0.05) is 16.4 Å². The highest BCUT2D eigenvalue weighted by molar-refractivity contribution is 9.10. The molecule has 0 aliphatic heterocycles. The van der Waals surface area contributed by atoms with Crippen LogP contribution in [0.25, 0.3) is 0 Å². The number of hydrogen-bond donors (Lipinski definition) is 2. The summed E-state index contributed by atoms with van der Waals surface area (Å²) in [5.74, 6) is 0.199. The lowest BCUT2D eigenvalue weighted by Gasteiger charge is -2.14. The normalized spacial score (nSPS) is 11.2. The van der Waals surface area contributed by atoms with E-state index >= 15 is 0 Å². The summed E-state index contributed by atoms with van der Waals surface area (Å²) in [7, 11) is -2.44. The molecule has 0 radical (unpaired) electrons. The maximum absolute atomic E-state index is 12.5. The number of ether oxygens (including phenoxy) is 1. The summed E-state index contributed by atoms with van der Waals surface area (Å²) in [6, 6.07) is 6.14. The Labute approximate surface area is 131 Å². The molecule has 0 atom stereocenters. The lowest BCUT2D eigenvalue weighted by molar-refractivity contribution is 0.402. The van der Waals surface area contributed by atoms with Crippen LogP contribution in [0.2, 0.25) is 0 Å². The van der Waals surface area contributed by atoms with Crippen LogP contribution in [0.3, 0.4) is 0 Å². The number of pyridine rings is 1. The molecular weight excluding hydrogens is 358 g/mol. The maximum atomic E-state index is 12.5. The van der Waals surface area contributed by atoms with Crippen LogP contribution in [0.15, 0.2) is 39.8 Å². The van der Waals surface area contributed by atoms with Crippen molar-refractivity contribution in [2.24, 2.45) is 0 Å². The van der Waals surface area contributed by atoms with Gasteiger partial charge in [0.15, 0.2) is 0 Å². The zero-order valence-electron chi connectivity index (χ0n) is 11.4. The number of nitrogens with one attached hydrogen (secondary N) is 1. The number of halogens is 1. The molecule has 0 spiro atoms. The smallest absolute Gasteiger partial charge is 0.265 e. The maximum Gasteiger partial charge on any atom is 0.265 e. The number of nitrogen functional groups attached to an aromatic ring is 1. The van der Waals surface area contributed by atoms with E-state index < -0.39 is 10.0 Å². The highest BCUT2D eigenvalue weighted by atomic mass is 79.9. The quantitative estimate of drug-likeness (QED) is 0.805. The van der Waals surface area contributed by atoms with Gasteiger partial charge < -0.3 is 10.5 Å². The first-order valence-electron chi connectivity index (χ1n) is 5.92. The molecule has 8 heteroatoms. The minimum Gasteiger partial charge on any atom is -0.495 e. The lowest BCUT2D eigenvalue weighted by Crippen LogP contribution is -2.15. The summed E-state index contributed by atoms with van der Waals surface area (Å²) in [4.78, 5) is 4.01. The van der Waals surface area contributed by atoms with Crippen LogP contribution >= 0.6 is 15.9 Å². The Bertz CT molecular complexity index is 778. The zero-order chi connectivity index (χ0) is 15.6. The highest BCUT2D eigenvalue weighted by Crippen LogP contribution is 2.33. The number of anilines is 2. The van der Waals surface area contributed by atoms with Gasteiger partial charge in [0.1, 0.15) is 10.6 Å². The number of nitrogens with zero attached hydrogens (tertiary/aromatic N) is 1. The van der Waals surface area contributed by atoms with Crippen molar-refractivity contribution in [3.05, 3.63) is 40.6 Å². The van der Waals surface area contributed by atoms with E-state index in [9.17, 15) is 8.42 Å². The first-order chi connectivity index (χ1) is 9.85. The van der Waals surface area contributed by atoms with Crippen LogP contribution in [0, 0.1) is 6.92 Å². The molecule has 0 aliphatic rings. The van der Waals surface area contributed by atoms with E-state index in [4.69, 9.17) is 10.5 Å². The highest BCUT2D eigenvalue weighted by Gasteiger charge is 2.22. The molecule has 0 unspecified atom stereocenters. The van der Waals surface area contributed by atoms with Gasteiger partial charge in [-0.05, 0) is 47.1 Å². The van der Waals surface area contributed by atoms with Crippen molar-refractivity contribution < 1.29 is 13.2 Å². The van der Waals surface area contributed by atoms with Crippen LogP contribution in [0.1, 0.15) is 5.69 Å². The second-order valence-corrected chi connectivity index (χ2v) is 6.77. The fourth-order valence-corrected chi connectivity index (χ4v) is 3.34. The van der Waals surface area contributed by atoms with Gasteiger partial charge in [-0.25, -0.2) is 8.42 Å². The third kappa shape index (κ3) is 3.27. The number of benzene rings is 1. The van der Waals surface area contributed by atoms with Crippen molar-refractivity contribution in [1.29, 1.82) is 0 Å². The van der Waals surface area contributed by atoms with Gasteiger partial charge in [0.25, 0.3) is 10.0 Å². The monoisotopic (exact) mass is 371 g/mol. The Morgan fingerprint density at radius 2 is 2.10 bits per heavy atom. The van der Waals surface area contributed by atoms with Gasteiger partial charge in [0.05, 0.1) is 18.5 Å². The summed E-state index contributed by atoms with van der Waals surface area (Å²) in [5.41, 5.74) is 7.04. The number of nitrogens with two attached hydrogens (primary N) is 1. The molecular formula is C13H14BrN3O3S. The molecule has 1 aromatic carbocycles. The van der Waals surface area contributed by atoms with E-state index in [1.165, 1.54) is 19.2 Å². The second kappa shape index (κ2) is 5.90. The summed E-state index contributed by atoms with van der Waals surface area (Å²) in [6.45, 7) is 1.71. The topological polar surface area (TPSA) is 94.3 Å². The van der Waals surface area contributed by atoms with E-state index in [0.29, 0.717) is 21.5 Å². The number of aromatic nitrogens is 1. The summed E-state index contributed by atoms with van der Waals surface area (Å²) in [5, 5.41) is 0. The zero-order valence-corrected chi connectivity index (χ0v) is 13.8. The lowest BCUT2D eigenvalue weighted by atomic mass is 10.3. The molecule has 0 bridgehead atoms. The fraction of sp³-hybridized carbons (Fsp3) is 0.154. The number of aryl methyl sites for hydroxylation is 1. The minimum absolute atomic E-state index is 0.0334. The van der Waals surface area contributed by atoms with Crippen molar-refractivity contribution in [3.63, 3.8) is 0 Å². The van der Waals surface area contributed by atoms with Gasteiger partial charge in [-0.3, -0.25) is 9.71 Å². The van der Waals surface area contributed by atoms with Gasteiger partial charge >= 0.3 is 0 Å². The summed E-state index contributed by atoms with van der Waals surface area (Å²) < 4.78 is 33.2. The molecule has 112 valence electrons. The Kier molecular flexibility index (Phi) is 4.38. The minimum atomic E-state index is -3.83. The molecule has 21 heavy (non-hydrogen) atoms. The molecule has 0 aliphatic carbocycles. The molecule has 3 N–H and O–H groups in total. The molecule has 2 aromatic rings. The van der Waals surface area contributed by atoms with Crippen molar-refractivity contribution >= 4 is 37.3 Å². The molecule has 0 amide bonds. The van der Waals surface area contributed by atoms with E-state index in [0.717, 1.165) is 0 Å². The Morgan fingerprint density at radius 3 is 2.71 bits per heavy atom. The molecule has 6 nitrogen and oxygen atoms in total. The van der Waals surface area contributed by atoms with Gasteiger partial charge in [-0.2, -0.15) is 0 Å². The summed E-state index contributed by atoms with van der Waals surface area (Å²) >= 11 is 3.24. The second-order valence-electron chi connectivity index (χ2n) is 4.27. The van der Waals surface area contributed by atoms with E-state index in [-0.39, 0.29) is 10.6 Å². The Balaban J connectivity index is 2.50. The van der Waals surface area contributed by atoms with Crippen molar-refractivity contribution in [1.82, 2.24) is 4.98 Å². The van der Waals surface area contributed by atoms with Crippen LogP contribution in [0.5, 0.6) is 5.75 Å². The number of sulfonamides is 1. The molecule has 1 heterocycles. The molecule has 0 saturated heterocycles. The van der Waals surface area contributed by atoms with Gasteiger partial charge in [-0.15, -0.1) is 0 Å². The standard InChI is InChI=1S/C13H14BrN3O3S/c1-8-11(4-3-5-16-8)17-21(18,19)13-7-10(15)9(14)6-12(13)20-2/h3-7,17H,15H2,1-2H3. The largest absolute Gasteiger partial charge is 0.495 e. The van der Waals surface area contributed by atoms with Crippen LogP contribution in [-0.4, -0.2) is 20.5 Å². The molecule has 0 fully saturated rings. The Hall–Kier alpha value is -1.80. The average molecular weight is 372 g/mol. The number of hydrogen-bond acceptors (Lipinski definition) is 5. The van der Waals surface area contributed by atoms with Crippen LogP contribution in [-0.2, 0) is 10.0 Å². The average Bonchev–Trinajstić information content (AvgIpc) is 2.43. The first-order valence-corrected chi connectivity index (χ1v) is 8.20. The molecule has 0 saturated carbocycles. The SMILES string of the molecule is COc1cc(Br)c(N)cc1S(=O)(=O)Nc1cccnc1C. The molecule has 1 aromatic heterocycles. The van der Waals surface area contributed by atoms with Crippen molar-refractivity contribution in [2.75, 3.05) is 17.6 Å². The number of methoxy groups -OCH3 is 1. The third-order valence-corrected chi connectivity index (χ3v) is 4.90. The van der Waals surface area contributed by atoms with Crippen LogP contribution < -0.4 is 15.2 Å². The van der Waals surface area contributed by atoms with Gasteiger partial charge in [-0.1, -0.05) is 0 Å².